The summed E-state index contributed by atoms with van der Waals surface area (Å²) in [5.41, 5.74) is 4.44. The van der Waals surface area contributed by atoms with Gasteiger partial charge in [-0.25, -0.2) is 0 Å². The van der Waals surface area contributed by atoms with Crippen LogP contribution >= 0.6 is 11.3 Å². The van der Waals surface area contributed by atoms with Gasteiger partial charge in [-0.1, -0.05) is 72.0 Å². The lowest BCUT2D eigenvalue weighted by atomic mass is 9.88. The van der Waals surface area contributed by atoms with Crippen molar-refractivity contribution in [3.05, 3.63) is 77.3 Å². The average Bonchev–Trinajstić information content (AvgIpc) is 3.07. The fraction of sp³-hybridized carbons (Fsp3) is 0.176. The fourth-order valence-corrected chi connectivity index (χ4v) is 2.94. The Hall–Kier alpha value is -2.20. The molecule has 3 rings (SSSR count). The lowest BCUT2D eigenvalue weighted by Crippen LogP contribution is -2.09. The maximum Gasteiger partial charge on any atom is 0.205 e. The molecule has 0 aliphatic carbocycles. The summed E-state index contributed by atoms with van der Waals surface area (Å²) in [6, 6.07) is 21.3. The van der Waals surface area contributed by atoms with Gasteiger partial charge in [-0.05, 0) is 17.5 Å². The van der Waals surface area contributed by atoms with Gasteiger partial charge in [-0.2, -0.15) is 0 Å². The van der Waals surface area contributed by atoms with Crippen molar-refractivity contribution in [3.63, 3.8) is 0 Å². The molecule has 106 valence electrons. The molecule has 0 fully saturated rings. The highest BCUT2D eigenvalue weighted by atomic mass is 32.1. The SMILES string of the molecule is c1ccc(C(CCNc2nncs2)c2ccccc2)cc1. The van der Waals surface area contributed by atoms with Crippen LogP contribution in [0.4, 0.5) is 5.13 Å². The van der Waals surface area contributed by atoms with E-state index in [1.54, 1.807) is 5.51 Å². The van der Waals surface area contributed by atoms with Crippen LogP contribution in [0.5, 0.6) is 0 Å². The summed E-state index contributed by atoms with van der Waals surface area (Å²) < 4.78 is 0. The molecule has 3 nitrogen and oxygen atoms in total. The van der Waals surface area contributed by atoms with Gasteiger partial charge in [0.25, 0.3) is 0 Å². The van der Waals surface area contributed by atoms with Gasteiger partial charge in [-0.15, -0.1) is 10.2 Å². The quantitative estimate of drug-likeness (QED) is 0.741. The van der Waals surface area contributed by atoms with Gasteiger partial charge in [0.1, 0.15) is 5.51 Å². The van der Waals surface area contributed by atoms with Crippen LogP contribution in [-0.2, 0) is 0 Å². The molecule has 0 radical (unpaired) electrons. The molecule has 0 saturated heterocycles. The van der Waals surface area contributed by atoms with Crippen molar-refractivity contribution in [2.45, 2.75) is 12.3 Å². The lowest BCUT2D eigenvalue weighted by Gasteiger charge is -2.18. The third kappa shape index (κ3) is 3.67. The molecule has 0 aliphatic heterocycles. The largest absolute Gasteiger partial charge is 0.360 e. The normalized spacial score (nSPS) is 10.7. The Morgan fingerprint density at radius 2 is 1.52 bits per heavy atom. The third-order valence-electron chi connectivity index (χ3n) is 3.47. The van der Waals surface area contributed by atoms with Crippen molar-refractivity contribution in [1.82, 2.24) is 10.2 Å². The predicted molar refractivity (Wildman–Crippen MR) is 87.7 cm³/mol. The molecule has 0 unspecified atom stereocenters. The summed E-state index contributed by atoms with van der Waals surface area (Å²) >= 11 is 1.53. The molecular weight excluding hydrogens is 278 g/mol. The summed E-state index contributed by atoms with van der Waals surface area (Å²) in [7, 11) is 0. The van der Waals surface area contributed by atoms with Gasteiger partial charge >= 0.3 is 0 Å². The maximum atomic E-state index is 4.02. The summed E-state index contributed by atoms with van der Waals surface area (Å²) in [5, 5.41) is 12.1. The van der Waals surface area contributed by atoms with Crippen LogP contribution in [0.2, 0.25) is 0 Å². The van der Waals surface area contributed by atoms with Crippen LogP contribution in [0, 0.1) is 0 Å². The Balaban J connectivity index is 1.73. The first-order valence-corrected chi connectivity index (χ1v) is 7.91. The highest BCUT2D eigenvalue weighted by Gasteiger charge is 2.13. The van der Waals surface area contributed by atoms with Crippen LogP contribution in [0.15, 0.2) is 66.2 Å². The minimum absolute atomic E-state index is 0.396. The highest BCUT2D eigenvalue weighted by Crippen LogP contribution is 2.27. The number of aromatic nitrogens is 2. The van der Waals surface area contributed by atoms with E-state index in [4.69, 9.17) is 0 Å². The Morgan fingerprint density at radius 3 is 2.05 bits per heavy atom. The van der Waals surface area contributed by atoms with Crippen LogP contribution in [-0.4, -0.2) is 16.7 Å². The Kier molecular flexibility index (Phi) is 4.59. The summed E-state index contributed by atoms with van der Waals surface area (Å²) in [4.78, 5) is 0. The maximum absolute atomic E-state index is 4.02. The second-order valence-electron chi connectivity index (χ2n) is 4.83. The van der Waals surface area contributed by atoms with Gasteiger partial charge in [0.15, 0.2) is 0 Å². The number of hydrogen-bond donors (Lipinski definition) is 1. The molecule has 3 aromatic rings. The van der Waals surface area contributed by atoms with E-state index >= 15 is 0 Å². The smallest absolute Gasteiger partial charge is 0.205 e. The Labute approximate surface area is 128 Å². The highest BCUT2D eigenvalue weighted by molar-refractivity contribution is 7.13. The zero-order chi connectivity index (χ0) is 14.3. The predicted octanol–water partition coefficient (Wildman–Crippen LogP) is 4.17. The molecule has 0 bridgehead atoms. The summed E-state index contributed by atoms with van der Waals surface area (Å²) in [6.07, 6.45) is 1.02. The number of nitrogens with one attached hydrogen (secondary N) is 1. The zero-order valence-corrected chi connectivity index (χ0v) is 12.5. The number of rotatable bonds is 6. The standard InChI is InChI=1S/C17H17N3S/c1-3-7-14(8-4-1)16(15-9-5-2-6-10-15)11-12-18-17-20-19-13-21-17/h1-10,13,16H,11-12H2,(H,18,20). The van der Waals surface area contributed by atoms with Crippen molar-refractivity contribution in [2.24, 2.45) is 0 Å². The number of benzene rings is 2. The molecule has 4 heteroatoms. The Morgan fingerprint density at radius 1 is 0.905 bits per heavy atom. The second kappa shape index (κ2) is 6.99. The minimum atomic E-state index is 0.396. The molecule has 21 heavy (non-hydrogen) atoms. The molecule has 0 amide bonds. The van der Waals surface area contributed by atoms with Gasteiger partial charge in [-0.3, -0.25) is 0 Å². The molecule has 1 N–H and O–H groups in total. The molecule has 2 aromatic carbocycles. The third-order valence-corrected chi connectivity index (χ3v) is 4.12. The van der Waals surface area contributed by atoms with Crippen LogP contribution in [0.3, 0.4) is 0 Å². The van der Waals surface area contributed by atoms with E-state index in [2.05, 4.69) is 76.2 Å². The first-order chi connectivity index (χ1) is 10.4. The number of hydrogen-bond acceptors (Lipinski definition) is 4. The first kappa shape index (κ1) is 13.8. The molecule has 0 aliphatic rings. The van der Waals surface area contributed by atoms with Crippen molar-refractivity contribution >= 4 is 16.5 Å². The molecule has 0 atom stereocenters. The summed E-state index contributed by atoms with van der Waals surface area (Å²) in [6.45, 7) is 0.879. The van der Waals surface area contributed by atoms with Gasteiger partial charge in [0.05, 0.1) is 0 Å². The van der Waals surface area contributed by atoms with Crippen molar-refractivity contribution in [3.8, 4) is 0 Å². The van der Waals surface area contributed by atoms with Gasteiger partial charge in [0.2, 0.25) is 5.13 Å². The fourth-order valence-electron chi connectivity index (χ4n) is 2.47. The average molecular weight is 295 g/mol. The van der Waals surface area contributed by atoms with Crippen LogP contribution < -0.4 is 5.32 Å². The Bertz CT molecular complexity index is 599. The van der Waals surface area contributed by atoms with Crippen LogP contribution in [0.1, 0.15) is 23.5 Å². The van der Waals surface area contributed by atoms with Crippen LogP contribution in [0.25, 0.3) is 0 Å². The van der Waals surface area contributed by atoms with E-state index in [0.29, 0.717) is 5.92 Å². The van der Waals surface area contributed by atoms with Gasteiger partial charge < -0.3 is 5.32 Å². The molecule has 1 heterocycles. The summed E-state index contributed by atoms with van der Waals surface area (Å²) in [5.74, 6) is 0.396. The minimum Gasteiger partial charge on any atom is -0.360 e. The molecule has 1 aromatic heterocycles. The van der Waals surface area contributed by atoms with E-state index in [1.165, 1.54) is 22.5 Å². The monoisotopic (exact) mass is 295 g/mol. The molecule has 0 spiro atoms. The zero-order valence-electron chi connectivity index (χ0n) is 11.6. The van der Waals surface area contributed by atoms with E-state index in [-0.39, 0.29) is 0 Å². The van der Waals surface area contributed by atoms with Crippen molar-refractivity contribution < 1.29 is 0 Å². The van der Waals surface area contributed by atoms with E-state index in [9.17, 15) is 0 Å². The topological polar surface area (TPSA) is 37.8 Å². The number of anilines is 1. The molecular formula is C17H17N3S. The first-order valence-electron chi connectivity index (χ1n) is 7.03. The van der Waals surface area contributed by atoms with Crippen molar-refractivity contribution in [1.29, 1.82) is 0 Å². The van der Waals surface area contributed by atoms with Crippen molar-refractivity contribution in [2.75, 3.05) is 11.9 Å². The van der Waals surface area contributed by atoms with E-state index < -0.39 is 0 Å². The number of nitrogens with zero attached hydrogens (tertiary/aromatic N) is 2. The lowest BCUT2D eigenvalue weighted by molar-refractivity contribution is 0.743. The van der Waals surface area contributed by atoms with Gasteiger partial charge in [0, 0.05) is 12.5 Å². The van der Waals surface area contributed by atoms with E-state index in [0.717, 1.165) is 18.1 Å². The van der Waals surface area contributed by atoms with E-state index in [1.807, 2.05) is 0 Å². The molecule has 0 saturated carbocycles. The second-order valence-corrected chi connectivity index (χ2v) is 5.67.